The zero-order chi connectivity index (χ0) is 31.9. The molecule has 1 amide bonds. The van der Waals surface area contributed by atoms with Gasteiger partial charge in [-0.2, -0.15) is 11.8 Å². The number of thioether (sulfide) groups is 1. The molecule has 1 aromatic heterocycles. The minimum Gasteiger partial charge on any atom is -0.396 e. The summed E-state index contributed by atoms with van der Waals surface area (Å²) in [7, 11) is 0. The minimum atomic E-state index is -0.580. The molecule has 1 aliphatic heterocycles. The first-order valence-electron chi connectivity index (χ1n) is 15.4. The number of aliphatic hydroxyl groups excluding tert-OH is 2. The normalized spacial score (nSPS) is 19.6. The van der Waals surface area contributed by atoms with Gasteiger partial charge in [0.05, 0.1) is 42.7 Å². The maximum Gasteiger partial charge on any atom is 0.271 e. The Morgan fingerprint density at radius 2 is 1.61 bits per heavy atom. The van der Waals surface area contributed by atoms with E-state index in [9.17, 15) is 15.0 Å². The highest BCUT2D eigenvalue weighted by molar-refractivity contribution is 7.99. The number of fused-ring (bicyclic) bond motifs is 1. The van der Waals surface area contributed by atoms with E-state index in [-0.39, 0.29) is 42.9 Å². The van der Waals surface area contributed by atoms with Gasteiger partial charge in [-0.15, -0.1) is 0 Å². The van der Waals surface area contributed by atoms with Crippen molar-refractivity contribution < 1.29 is 24.5 Å². The van der Waals surface area contributed by atoms with Gasteiger partial charge in [-0.05, 0) is 52.1 Å². The fourth-order valence-electron chi connectivity index (χ4n) is 5.64. The fraction of sp³-hybridized carbons (Fsp3) is 0.270. The summed E-state index contributed by atoms with van der Waals surface area (Å²) < 4.78 is 13.2. The molecule has 1 aliphatic rings. The Bertz CT molecular complexity index is 1780. The number of hydrogen-bond acceptors (Lipinski definition) is 8. The van der Waals surface area contributed by atoms with Gasteiger partial charge in [-0.3, -0.25) is 9.78 Å². The molecule has 8 nitrogen and oxygen atoms in total. The first kappa shape index (κ1) is 31.8. The van der Waals surface area contributed by atoms with E-state index in [4.69, 9.17) is 9.47 Å². The molecule has 0 aliphatic carbocycles. The van der Waals surface area contributed by atoms with Gasteiger partial charge in [0.2, 0.25) is 0 Å². The summed E-state index contributed by atoms with van der Waals surface area (Å²) in [5.74, 6) is 1.19. The van der Waals surface area contributed by atoms with Gasteiger partial charge in [0.1, 0.15) is 5.69 Å². The summed E-state index contributed by atoms with van der Waals surface area (Å²) in [5.41, 5.74) is 7.47. The quantitative estimate of drug-likeness (QED) is 0.146. The van der Waals surface area contributed by atoms with Crippen molar-refractivity contribution in [2.24, 2.45) is 5.92 Å². The molecule has 6 rings (SSSR count). The van der Waals surface area contributed by atoms with Gasteiger partial charge in [-0.1, -0.05) is 79.7 Å². The van der Waals surface area contributed by atoms with E-state index in [1.165, 1.54) is 6.20 Å². The Balaban J connectivity index is 1.19. The Morgan fingerprint density at radius 1 is 0.848 bits per heavy atom. The van der Waals surface area contributed by atoms with E-state index < -0.39 is 6.29 Å². The highest BCUT2D eigenvalue weighted by Gasteiger charge is 2.38. The molecule has 4 aromatic carbocycles. The molecule has 1 fully saturated rings. The van der Waals surface area contributed by atoms with E-state index in [2.05, 4.69) is 40.4 Å². The Hall–Kier alpha value is -4.12. The second-order valence-electron chi connectivity index (χ2n) is 11.4. The number of para-hydroxylation sites is 2. The van der Waals surface area contributed by atoms with Crippen molar-refractivity contribution in [2.75, 3.05) is 18.1 Å². The molecule has 0 saturated carbocycles. The third-order valence-electron chi connectivity index (χ3n) is 8.19. The summed E-state index contributed by atoms with van der Waals surface area (Å²) in [6.45, 7) is 2.60. The number of carbonyl (C=O) groups is 1. The van der Waals surface area contributed by atoms with E-state index >= 15 is 0 Å². The van der Waals surface area contributed by atoms with Crippen LogP contribution >= 0.6 is 11.8 Å². The predicted molar refractivity (Wildman–Crippen MR) is 180 cm³/mol. The maximum atomic E-state index is 12.9. The first-order chi connectivity index (χ1) is 22.5. The fourth-order valence-corrected chi connectivity index (χ4v) is 6.55. The lowest BCUT2D eigenvalue weighted by molar-refractivity contribution is -0.268. The second-order valence-corrected chi connectivity index (χ2v) is 12.5. The molecule has 0 bridgehead atoms. The van der Waals surface area contributed by atoms with Crippen LogP contribution in [0.3, 0.4) is 0 Å². The summed E-state index contributed by atoms with van der Waals surface area (Å²) in [4.78, 5) is 21.7. The molecule has 3 N–H and O–H groups in total. The number of amides is 1. The summed E-state index contributed by atoms with van der Waals surface area (Å²) in [6, 6.07) is 31.6. The Morgan fingerprint density at radius 3 is 2.39 bits per heavy atom. The van der Waals surface area contributed by atoms with Crippen molar-refractivity contribution in [3.05, 3.63) is 131 Å². The monoisotopic (exact) mass is 635 g/mol. The van der Waals surface area contributed by atoms with Crippen LogP contribution in [0, 0.1) is 5.92 Å². The Kier molecular flexibility index (Phi) is 10.4. The van der Waals surface area contributed by atoms with Gasteiger partial charge in [0.25, 0.3) is 5.91 Å². The molecule has 4 unspecified atom stereocenters. The lowest BCUT2D eigenvalue weighted by atomic mass is 9.91. The molecule has 0 radical (unpaired) electrons. The number of rotatable bonds is 11. The summed E-state index contributed by atoms with van der Waals surface area (Å²) in [6.07, 6.45) is 0.638. The average Bonchev–Trinajstić information content (AvgIpc) is 3.11. The highest BCUT2D eigenvalue weighted by atomic mass is 32.2. The Labute approximate surface area is 272 Å². The minimum absolute atomic E-state index is 0.00693. The average molecular weight is 636 g/mol. The smallest absolute Gasteiger partial charge is 0.271 e. The molecule has 2 heterocycles. The highest BCUT2D eigenvalue weighted by Crippen LogP contribution is 2.43. The molecule has 5 aromatic rings. The lowest BCUT2D eigenvalue weighted by Crippen LogP contribution is -2.38. The number of nitrogens with one attached hydrogen (secondary N) is 1. The van der Waals surface area contributed by atoms with Crippen molar-refractivity contribution in [3.63, 3.8) is 0 Å². The zero-order valence-corrected chi connectivity index (χ0v) is 26.4. The third-order valence-corrected chi connectivity index (χ3v) is 9.23. The van der Waals surface area contributed by atoms with Gasteiger partial charge in [0.15, 0.2) is 6.29 Å². The van der Waals surface area contributed by atoms with Crippen LogP contribution in [0.5, 0.6) is 0 Å². The maximum absolute atomic E-state index is 12.9. The predicted octanol–water partition coefficient (Wildman–Crippen LogP) is 6.24. The van der Waals surface area contributed by atoms with E-state index in [0.29, 0.717) is 17.8 Å². The van der Waals surface area contributed by atoms with Crippen molar-refractivity contribution in [2.45, 2.75) is 38.6 Å². The molecule has 236 valence electrons. The van der Waals surface area contributed by atoms with E-state index in [1.807, 2.05) is 78.9 Å². The van der Waals surface area contributed by atoms with Crippen molar-refractivity contribution in [3.8, 4) is 11.1 Å². The second kappa shape index (κ2) is 15.0. The molecular formula is C37H37N3O5S. The molecule has 1 saturated heterocycles. The van der Waals surface area contributed by atoms with Gasteiger partial charge in [0, 0.05) is 29.5 Å². The molecule has 9 heteroatoms. The van der Waals surface area contributed by atoms with E-state index in [0.717, 1.165) is 44.7 Å². The van der Waals surface area contributed by atoms with Crippen molar-refractivity contribution in [1.82, 2.24) is 15.3 Å². The topological polar surface area (TPSA) is 114 Å². The lowest BCUT2D eigenvalue weighted by Gasteiger charge is -2.41. The number of carbonyl (C=O) groups excluding carboxylic acids is 1. The van der Waals surface area contributed by atoms with Crippen LogP contribution in [0.4, 0.5) is 0 Å². The van der Waals surface area contributed by atoms with Gasteiger partial charge in [-0.25, -0.2) is 4.98 Å². The standard InChI is InChI=1S/C37H37N3O5S/c1-24-34(23-46-17-16-41)44-37(45-35(24)27-14-12-25(22-42)13-15-27)30-9-5-8-29(19-30)28-7-4-6-26(18-28)20-39-36(43)33-21-38-31-10-2-3-11-32(31)40-33/h2-15,18-19,21,24,34-35,37,41-42H,16-17,20,22-23H2,1H3,(H,39,43). The van der Waals surface area contributed by atoms with E-state index in [1.54, 1.807) is 11.8 Å². The molecular weight excluding hydrogens is 598 g/mol. The van der Waals surface area contributed by atoms with Crippen LogP contribution in [-0.4, -0.2) is 50.3 Å². The van der Waals surface area contributed by atoms with Crippen molar-refractivity contribution >= 4 is 28.7 Å². The number of ether oxygens (including phenoxy) is 2. The molecule has 46 heavy (non-hydrogen) atoms. The van der Waals surface area contributed by atoms with Gasteiger partial charge < -0.3 is 25.0 Å². The van der Waals surface area contributed by atoms with Crippen LogP contribution in [0.15, 0.2) is 103 Å². The number of aliphatic hydroxyl groups is 2. The van der Waals surface area contributed by atoms with Crippen molar-refractivity contribution in [1.29, 1.82) is 0 Å². The summed E-state index contributed by atoms with van der Waals surface area (Å²) >= 11 is 1.67. The first-order valence-corrected chi connectivity index (χ1v) is 16.6. The largest absolute Gasteiger partial charge is 0.396 e. The number of nitrogens with zero attached hydrogens (tertiary/aromatic N) is 2. The summed E-state index contributed by atoms with van der Waals surface area (Å²) in [5, 5.41) is 21.8. The third kappa shape index (κ3) is 7.46. The number of benzene rings is 4. The van der Waals surface area contributed by atoms with Crippen LogP contribution < -0.4 is 5.32 Å². The van der Waals surface area contributed by atoms with Crippen LogP contribution in [0.25, 0.3) is 22.2 Å². The number of hydrogen-bond donors (Lipinski definition) is 3. The van der Waals surface area contributed by atoms with Crippen LogP contribution in [0.1, 0.15) is 52.1 Å². The van der Waals surface area contributed by atoms with Crippen LogP contribution in [0.2, 0.25) is 0 Å². The van der Waals surface area contributed by atoms with Crippen LogP contribution in [-0.2, 0) is 22.6 Å². The molecule has 4 atom stereocenters. The van der Waals surface area contributed by atoms with Gasteiger partial charge >= 0.3 is 0 Å². The SMILES string of the molecule is CC1C(CSCCO)OC(c2cccc(-c3cccc(CNC(=O)c4cnc5ccccc5n4)c3)c2)OC1c1ccc(CO)cc1. The number of aromatic nitrogens is 2. The molecule has 0 spiro atoms. The zero-order valence-electron chi connectivity index (χ0n) is 25.6.